The van der Waals surface area contributed by atoms with Crippen LogP contribution < -0.4 is 4.72 Å². The van der Waals surface area contributed by atoms with Crippen molar-refractivity contribution in [2.75, 3.05) is 0 Å². The molecule has 176 valence electrons. The summed E-state index contributed by atoms with van der Waals surface area (Å²) in [6, 6.07) is 7.05. The molecule has 0 saturated heterocycles. The van der Waals surface area contributed by atoms with Crippen LogP contribution in [-0.4, -0.2) is 28.4 Å². The van der Waals surface area contributed by atoms with Crippen molar-refractivity contribution in [3.63, 3.8) is 0 Å². The van der Waals surface area contributed by atoms with Crippen molar-refractivity contribution in [2.24, 2.45) is 5.92 Å². The molecule has 0 spiro atoms. The van der Waals surface area contributed by atoms with E-state index in [0.29, 0.717) is 4.90 Å². The molecule has 1 aromatic carbocycles. The number of hydrogen-bond acceptors (Lipinski definition) is 3. The Hall–Kier alpha value is -0.953. The smallest absolute Gasteiger partial charge is 0.241 e. The molecule has 1 aromatic rings. The SMILES string of the molecule is C=C[C@@]1(NS(=O)(=O)c2ccc(C)cc2)CCC[C@H](O[Si](C)(C)C(C)(C)C)[C@H]1CCCC. The van der Waals surface area contributed by atoms with Gasteiger partial charge >= 0.3 is 0 Å². The first-order chi connectivity index (χ1) is 14.3. The minimum atomic E-state index is -3.67. The van der Waals surface area contributed by atoms with Gasteiger partial charge in [-0.3, -0.25) is 0 Å². The predicted molar refractivity (Wildman–Crippen MR) is 133 cm³/mol. The predicted octanol–water partition coefficient (Wildman–Crippen LogP) is 6.58. The summed E-state index contributed by atoms with van der Waals surface area (Å²) < 4.78 is 36.7. The fourth-order valence-corrected chi connectivity index (χ4v) is 7.17. The summed E-state index contributed by atoms with van der Waals surface area (Å²) in [5.41, 5.74) is 0.350. The zero-order chi connectivity index (χ0) is 23.5. The zero-order valence-corrected chi connectivity index (χ0v) is 22.4. The van der Waals surface area contributed by atoms with E-state index in [1.165, 1.54) is 0 Å². The Morgan fingerprint density at radius 1 is 1.26 bits per heavy atom. The van der Waals surface area contributed by atoms with Crippen molar-refractivity contribution in [1.82, 2.24) is 4.72 Å². The molecule has 1 saturated carbocycles. The van der Waals surface area contributed by atoms with Gasteiger partial charge in [-0.1, -0.05) is 64.3 Å². The number of aryl methyl sites for hydroxylation is 1. The maximum Gasteiger partial charge on any atom is 0.241 e. The van der Waals surface area contributed by atoms with Crippen LogP contribution in [0.4, 0.5) is 0 Å². The Balaban J connectivity index is 2.42. The number of benzene rings is 1. The van der Waals surface area contributed by atoms with Gasteiger partial charge in [0.05, 0.1) is 10.4 Å². The van der Waals surface area contributed by atoms with Crippen LogP contribution >= 0.6 is 0 Å². The topological polar surface area (TPSA) is 55.4 Å². The van der Waals surface area contributed by atoms with Crippen molar-refractivity contribution in [1.29, 1.82) is 0 Å². The highest BCUT2D eigenvalue weighted by Gasteiger charge is 2.49. The van der Waals surface area contributed by atoms with Gasteiger partial charge in [-0.05, 0) is 62.9 Å². The Bertz CT molecular complexity index is 843. The van der Waals surface area contributed by atoms with Gasteiger partial charge in [-0.2, -0.15) is 0 Å². The third kappa shape index (κ3) is 6.09. The lowest BCUT2D eigenvalue weighted by atomic mass is 9.69. The molecule has 0 aliphatic heterocycles. The van der Waals surface area contributed by atoms with Gasteiger partial charge in [0.15, 0.2) is 8.32 Å². The zero-order valence-electron chi connectivity index (χ0n) is 20.6. The largest absolute Gasteiger partial charge is 0.414 e. The Morgan fingerprint density at radius 2 is 1.87 bits per heavy atom. The van der Waals surface area contributed by atoms with Crippen LogP contribution in [0.5, 0.6) is 0 Å². The van der Waals surface area contributed by atoms with Crippen LogP contribution in [0.1, 0.15) is 71.8 Å². The van der Waals surface area contributed by atoms with Gasteiger partial charge in [-0.25, -0.2) is 13.1 Å². The minimum absolute atomic E-state index is 0.0416. The number of sulfonamides is 1. The van der Waals surface area contributed by atoms with E-state index in [-0.39, 0.29) is 17.1 Å². The van der Waals surface area contributed by atoms with Gasteiger partial charge in [-0.15, -0.1) is 6.58 Å². The van der Waals surface area contributed by atoms with Crippen LogP contribution in [0, 0.1) is 12.8 Å². The molecule has 6 heteroatoms. The second kappa shape index (κ2) is 9.90. The molecule has 0 radical (unpaired) electrons. The summed E-state index contributed by atoms with van der Waals surface area (Å²) in [5, 5.41) is 0.109. The van der Waals surface area contributed by atoms with Crippen LogP contribution in [0.3, 0.4) is 0 Å². The third-order valence-corrected chi connectivity index (χ3v) is 13.4. The first-order valence-corrected chi connectivity index (χ1v) is 16.1. The molecular weight excluding hydrogens is 422 g/mol. The molecule has 1 N–H and O–H groups in total. The van der Waals surface area contributed by atoms with Gasteiger partial charge < -0.3 is 4.43 Å². The minimum Gasteiger partial charge on any atom is -0.414 e. The Morgan fingerprint density at radius 3 is 2.39 bits per heavy atom. The normalized spacial score (nSPS) is 25.4. The molecule has 0 bridgehead atoms. The van der Waals surface area contributed by atoms with Crippen molar-refractivity contribution in [3.8, 4) is 0 Å². The summed E-state index contributed by atoms with van der Waals surface area (Å²) in [7, 11) is -5.66. The highest BCUT2D eigenvalue weighted by Crippen LogP contribution is 2.45. The van der Waals surface area contributed by atoms with Gasteiger partial charge in [0.2, 0.25) is 10.0 Å². The average molecular weight is 466 g/mol. The number of unbranched alkanes of at least 4 members (excludes halogenated alkanes) is 1. The molecule has 1 aliphatic carbocycles. The lowest BCUT2D eigenvalue weighted by Gasteiger charge is -2.50. The summed E-state index contributed by atoms with van der Waals surface area (Å²) in [6.07, 6.45) is 7.59. The number of rotatable bonds is 9. The van der Waals surface area contributed by atoms with E-state index < -0.39 is 23.9 Å². The van der Waals surface area contributed by atoms with Crippen molar-refractivity contribution in [2.45, 2.75) is 108 Å². The van der Waals surface area contributed by atoms with E-state index in [0.717, 1.165) is 44.1 Å². The summed E-state index contributed by atoms with van der Waals surface area (Å²) in [4.78, 5) is 0.306. The standard InChI is InChI=1S/C25H43NO3SSi/c1-9-11-13-22-23(29-31(7,8)24(4,5)6)14-12-19-25(22,10-2)26-30(27,28)21-17-15-20(3)16-18-21/h10,15-18,22-23,26H,2,9,11-14,19H2,1,3-8H3/t22-,23+,25-/m1/s1. The fourth-order valence-electron chi connectivity index (χ4n) is 4.33. The summed E-state index contributed by atoms with van der Waals surface area (Å²) in [5.74, 6) is 0.0769. The lowest BCUT2D eigenvalue weighted by Crippen LogP contribution is -2.60. The molecule has 0 amide bonds. The van der Waals surface area contributed by atoms with Crippen molar-refractivity contribution in [3.05, 3.63) is 42.5 Å². The van der Waals surface area contributed by atoms with E-state index in [2.05, 4.69) is 52.1 Å². The van der Waals surface area contributed by atoms with E-state index in [4.69, 9.17) is 4.43 Å². The average Bonchev–Trinajstić information content (AvgIpc) is 2.66. The van der Waals surface area contributed by atoms with Crippen molar-refractivity contribution < 1.29 is 12.8 Å². The molecule has 4 nitrogen and oxygen atoms in total. The molecule has 0 heterocycles. The van der Waals surface area contributed by atoms with Crippen LogP contribution in [-0.2, 0) is 14.4 Å². The summed E-state index contributed by atoms with van der Waals surface area (Å²) in [6.45, 7) is 19.6. The van der Waals surface area contributed by atoms with E-state index in [1.807, 2.05) is 25.1 Å². The summed E-state index contributed by atoms with van der Waals surface area (Å²) >= 11 is 0. The highest BCUT2D eigenvalue weighted by molar-refractivity contribution is 7.89. The molecule has 1 fully saturated rings. The Labute approximate surface area is 192 Å². The van der Waals surface area contributed by atoms with E-state index in [9.17, 15) is 8.42 Å². The molecule has 31 heavy (non-hydrogen) atoms. The first-order valence-electron chi connectivity index (χ1n) is 11.7. The monoisotopic (exact) mass is 465 g/mol. The van der Waals surface area contributed by atoms with E-state index in [1.54, 1.807) is 12.1 Å². The molecule has 1 aliphatic rings. The maximum atomic E-state index is 13.4. The second-order valence-corrected chi connectivity index (χ2v) is 17.2. The molecule has 2 rings (SSSR count). The van der Waals surface area contributed by atoms with E-state index >= 15 is 0 Å². The number of nitrogens with one attached hydrogen (secondary N) is 1. The van der Waals surface area contributed by atoms with Crippen LogP contribution in [0.15, 0.2) is 41.8 Å². The third-order valence-electron chi connectivity index (χ3n) is 7.33. The second-order valence-electron chi connectivity index (χ2n) is 10.7. The highest BCUT2D eigenvalue weighted by atomic mass is 32.2. The fraction of sp³-hybridized carbons (Fsp3) is 0.680. The lowest BCUT2D eigenvalue weighted by molar-refractivity contribution is 0.0313. The maximum absolute atomic E-state index is 13.4. The van der Waals surface area contributed by atoms with Crippen molar-refractivity contribution >= 4 is 18.3 Å². The first kappa shape index (κ1) is 26.3. The quantitative estimate of drug-likeness (QED) is 0.331. The van der Waals surface area contributed by atoms with Gasteiger partial charge in [0, 0.05) is 12.0 Å². The molecular formula is C25H43NO3SSi. The number of hydrogen-bond donors (Lipinski definition) is 1. The molecule has 0 unspecified atom stereocenters. The van der Waals surface area contributed by atoms with Crippen LogP contribution in [0.25, 0.3) is 0 Å². The molecule has 3 atom stereocenters. The molecule has 0 aromatic heterocycles. The van der Waals surface area contributed by atoms with Crippen LogP contribution in [0.2, 0.25) is 18.1 Å². The Kier molecular flexibility index (Phi) is 8.40. The van der Waals surface area contributed by atoms with Gasteiger partial charge in [0.25, 0.3) is 0 Å². The van der Waals surface area contributed by atoms with Gasteiger partial charge in [0.1, 0.15) is 0 Å².